The van der Waals surface area contributed by atoms with E-state index in [0.29, 0.717) is 5.69 Å². The zero-order valence-electron chi connectivity index (χ0n) is 9.05. The van der Waals surface area contributed by atoms with E-state index in [9.17, 15) is 4.39 Å². The summed E-state index contributed by atoms with van der Waals surface area (Å²) in [5, 5.41) is 20.5. The average molecular weight is 239 g/mol. The molecular weight excluding hydrogens is 233 g/mol. The molecule has 0 saturated heterocycles. The molecule has 0 spiro atoms. The predicted octanol–water partition coefficient (Wildman–Crippen LogP) is 2.10. The summed E-state index contributed by atoms with van der Waals surface area (Å²) in [6.45, 7) is 0. The number of nitrogens with zero attached hydrogens (tertiary/aromatic N) is 4. The lowest BCUT2D eigenvalue weighted by Gasteiger charge is -2.05. The van der Waals surface area contributed by atoms with Crippen LogP contribution in [0.3, 0.4) is 0 Å². The predicted molar refractivity (Wildman–Crippen MR) is 61.1 cm³/mol. The molecule has 0 bridgehead atoms. The number of nitriles is 2. The van der Waals surface area contributed by atoms with Crippen molar-refractivity contribution in [3.63, 3.8) is 0 Å². The molecule has 0 atom stereocenters. The Labute approximate surface area is 102 Å². The summed E-state index contributed by atoms with van der Waals surface area (Å²) in [4.78, 5) is 7.15. The Kier molecular flexibility index (Phi) is 3.13. The van der Waals surface area contributed by atoms with Gasteiger partial charge < -0.3 is 5.32 Å². The van der Waals surface area contributed by atoms with Gasteiger partial charge in [-0.25, -0.2) is 9.97 Å². The molecule has 1 N–H and O–H groups in total. The second-order valence-corrected chi connectivity index (χ2v) is 3.33. The van der Waals surface area contributed by atoms with Crippen molar-refractivity contribution < 1.29 is 4.39 Å². The smallest absolute Gasteiger partial charge is 0.218 e. The lowest BCUT2D eigenvalue weighted by Crippen LogP contribution is -1.96. The summed E-state index contributed by atoms with van der Waals surface area (Å²) in [5.41, 5.74) is 1.08. The van der Waals surface area contributed by atoms with Crippen molar-refractivity contribution in [2.45, 2.75) is 0 Å². The maximum atomic E-state index is 12.8. The van der Waals surface area contributed by atoms with Gasteiger partial charge in [0, 0.05) is 11.8 Å². The molecule has 0 fully saturated rings. The first-order valence-electron chi connectivity index (χ1n) is 4.92. The molecule has 86 valence electrons. The monoisotopic (exact) mass is 239 g/mol. The Morgan fingerprint density at radius 1 is 1.06 bits per heavy atom. The SMILES string of the molecule is N#Cc1ccc(Nc2cc(F)ncn2)cc1C#N. The Morgan fingerprint density at radius 2 is 1.83 bits per heavy atom. The molecule has 0 aliphatic heterocycles. The Bertz CT molecular complexity index is 669. The van der Waals surface area contributed by atoms with Crippen LogP contribution in [0.15, 0.2) is 30.6 Å². The molecule has 0 unspecified atom stereocenters. The molecule has 18 heavy (non-hydrogen) atoms. The summed E-state index contributed by atoms with van der Waals surface area (Å²) < 4.78 is 12.8. The lowest BCUT2D eigenvalue weighted by atomic mass is 10.1. The molecule has 2 rings (SSSR count). The summed E-state index contributed by atoms with van der Waals surface area (Å²) in [7, 11) is 0. The first-order chi connectivity index (χ1) is 8.72. The Hall–Kier alpha value is -2.99. The minimum absolute atomic E-state index is 0.247. The molecule has 2 aromatic rings. The van der Waals surface area contributed by atoms with Crippen LogP contribution in [-0.2, 0) is 0 Å². The van der Waals surface area contributed by atoms with Gasteiger partial charge in [-0.1, -0.05) is 0 Å². The summed E-state index contributed by atoms with van der Waals surface area (Å²) in [6, 6.07) is 9.58. The topological polar surface area (TPSA) is 85.4 Å². The van der Waals surface area contributed by atoms with Gasteiger partial charge in [0.1, 0.15) is 24.3 Å². The number of halogens is 1. The number of rotatable bonds is 2. The molecule has 1 aromatic heterocycles. The van der Waals surface area contributed by atoms with Gasteiger partial charge in [0.25, 0.3) is 0 Å². The van der Waals surface area contributed by atoms with Crippen molar-refractivity contribution in [2.24, 2.45) is 0 Å². The van der Waals surface area contributed by atoms with Crippen LogP contribution in [0.1, 0.15) is 11.1 Å². The van der Waals surface area contributed by atoms with Crippen LogP contribution >= 0.6 is 0 Å². The highest BCUT2D eigenvalue weighted by Gasteiger charge is 2.04. The van der Waals surface area contributed by atoms with Crippen molar-refractivity contribution in [3.05, 3.63) is 47.7 Å². The fourth-order valence-corrected chi connectivity index (χ4v) is 1.36. The van der Waals surface area contributed by atoms with Crippen LogP contribution < -0.4 is 5.32 Å². The van der Waals surface area contributed by atoms with E-state index in [4.69, 9.17) is 10.5 Å². The van der Waals surface area contributed by atoms with Gasteiger partial charge >= 0.3 is 0 Å². The van der Waals surface area contributed by atoms with Crippen molar-refractivity contribution in [3.8, 4) is 12.1 Å². The largest absolute Gasteiger partial charge is 0.340 e. The zero-order valence-corrected chi connectivity index (χ0v) is 9.05. The minimum atomic E-state index is -0.651. The van der Waals surface area contributed by atoms with Crippen LogP contribution in [0.4, 0.5) is 15.9 Å². The van der Waals surface area contributed by atoms with Crippen molar-refractivity contribution in [1.29, 1.82) is 10.5 Å². The maximum Gasteiger partial charge on any atom is 0.218 e. The molecule has 0 radical (unpaired) electrons. The van der Waals surface area contributed by atoms with Gasteiger partial charge in [-0.2, -0.15) is 14.9 Å². The van der Waals surface area contributed by atoms with Gasteiger partial charge in [-0.05, 0) is 18.2 Å². The van der Waals surface area contributed by atoms with Crippen LogP contribution in [0.25, 0.3) is 0 Å². The van der Waals surface area contributed by atoms with Crippen molar-refractivity contribution in [1.82, 2.24) is 9.97 Å². The number of nitrogens with one attached hydrogen (secondary N) is 1. The van der Waals surface area contributed by atoms with E-state index in [2.05, 4.69) is 15.3 Å². The second-order valence-electron chi connectivity index (χ2n) is 3.33. The van der Waals surface area contributed by atoms with E-state index in [1.807, 2.05) is 12.1 Å². The molecule has 1 aromatic carbocycles. The standard InChI is InChI=1S/C12H6FN5/c13-11-4-12(17-7-16-11)18-10-2-1-8(5-14)9(3-10)6-15/h1-4,7H,(H,16,17,18). The van der Waals surface area contributed by atoms with Crippen LogP contribution in [0.5, 0.6) is 0 Å². The molecule has 0 saturated carbocycles. The van der Waals surface area contributed by atoms with E-state index < -0.39 is 5.95 Å². The number of hydrogen-bond donors (Lipinski definition) is 1. The zero-order chi connectivity index (χ0) is 13.0. The highest BCUT2D eigenvalue weighted by molar-refractivity contribution is 5.61. The van der Waals surface area contributed by atoms with Gasteiger partial charge in [0.15, 0.2) is 0 Å². The number of anilines is 2. The van der Waals surface area contributed by atoms with Gasteiger partial charge in [-0.3, -0.25) is 0 Å². The van der Waals surface area contributed by atoms with E-state index >= 15 is 0 Å². The highest BCUT2D eigenvalue weighted by atomic mass is 19.1. The molecule has 6 heteroatoms. The Morgan fingerprint density at radius 3 is 2.50 bits per heavy atom. The quantitative estimate of drug-likeness (QED) is 0.811. The Balaban J connectivity index is 2.31. The maximum absolute atomic E-state index is 12.8. The van der Waals surface area contributed by atoms with E-state index in [1.54, 1.807) is 6.07 Å². The first kappa shape index (κ1) is 11.5. The van der Waals surface area contributed by atoms with Crippen LogP contribution in [-0.4, -0.2) is 9.97 Å². The van der Waals surface area contributed by atoms with E-state index in [1.165, 1.54) is 12.1 Å². The fourth-order valence-electron chi connectivity index (χ4n) is 1.36. The summed E-state index contributed by atoms with van der Waals surface area (Å²) >= 11 is 0. The van der Waals surface area contributed by atoms with Crippen molar-refractivity contribution in [2.75, 3.05) is 5.32 Å². The highest BCUT2D eigenvalue weighted by Crippen LogP contribution is 2.18. The molecule has 0 aliphatic rings. The third kappa shape index (κ3) is 2.39. The third-order valence-electron chi connectivity index (χ3n) is 2.17. The van der Waals surface area contributed by atoms with Gasteiger partial charge in [0.2, 0.25) is 5.95 Å². The van der Waals surface area contributed by atoms with E-state index in [-0.39, 0.29) is 16.9 Å². The summed E-state index contributed by atoms with van der Waals surface area (Å²) in [5.74, 6) is -0.377. The molecule has 1 heterocycles. The first-order valence-corrected chi connectivity index (χ1v) is 4.92. The molecule has 0 aliphatic carbocycles. The lowest BCUT2D eigenvalue weighted by molar-refractivity contribution is 0.580. The van der Waals surface area contributed by atoms with Gasteiger partial charge in [-0.15, -0.1) is 0 Å². The van der Waals surface area contributed by atoms with Crippen LogP contribution in [0, 0.1) is 28.6 Å². The fraction of sp³-hybridized carbons (Fsp3) is 0. The molecule has 0 amide bonds. The minimum Gasteiger partial charge on any atom is -0.340 e. The number of aromatic nitrogens is 2. The van der Waals surface area contributed by atoms with Gasteiger partial charge in [0.05, 0.1) is 11.1 Å². The number of hydrogen-bond acceptors (Lipinski definition) is 5. The average Bonchev–Trinajstić information content (AvgIpc) is 2.38. The van der Waals surface area contributed by atoms with Crippen LogP contribution in [0.2, 0.25) is 0 Å². The molecule has 5 nitrogen and oxygen atoms in total. The number of benzene rings is 1. The normalized spacial score (nSPS) is 9.28. The van der Waals surface area contributed by atoms with E-state index in [0.717, 1.165) is 12.4 Å². The summed E-state index contributed by atoms with van der Waals surface area (Å²) in [6.07, 6.45) is 1.09. The third-order valence-corrected chi connectivity index (χ3v) is 2.17. The van der Waals surface area contributed by atoms with Crippen molar-refractivity contribution >= 4 is 11.5 Å². The second kappa shape index (κ2) is 4.89. The molecular formula is C12H6FN5.